The van der Waals surface area contributed by atoms with Crippen LogP contribution in [-0.2, 0) is 20.8 Å². The van der Waals surface area contributed by atoms with Crippen LogP contribution >= 0.6 is 0 Å². The Kier molecular flexibility index (Phi) is 11.6. The van der Waals surface area contributed by atoms with Crippen LogP contribution in [0.3, 0.4) is 0 Å². The third kappa shape index (κ3) is 8.01. The number of carbonyl (C=O) groups is 5. The predicted molar refractivity (Wildman–Crippen MR) is 166 cm³/mol. The van der Waals surface area contributed by atoms with Crippen LogP contribution in [0.4, 0.5) is 0 Å². The second kappa shape index (κ2) is 15.5. The Hall–Kier alpha value is -4.41. The fourth-order valence-electron chi connectivity index (χ4n) is 6.37. The zero-order valence-electron chi connectivity index (χ0n) is 26.2. The number of ether oxygens (including phenoxy) is 2. The Balaban J connectivity index is 1.54. The molecule has 1 heterocycles. The summed E-state index contributed by atoms with van der Waals surface area (Å²) in [7, 11) is 3.04. The highest BCUT2D eigenvalue weighted by Gasteiger charge is 2.43. The third-order valence-electron chi connectivity index (χ3n) is 8.77. The smallest absolute Gasteiger partial charge is 0.307 e. The number of methoxy groups -OCH3 is 1. The summed E-state index contributed by atoms with van der Waals surface area (Å²) in [5.41, 5.74) is 1.25. The quantitative estimate of drug-likeness (QED) is 0.254. The summed E-state index contributed by atoms with van der Waals surface area (Å²) in [6.07, 6.45) is 4.98. The third-order valence-corrected chi connectivity index (χ3v) is 8.77. The normalized spacial score (nSPS) is 16.8. The Labute approximate surface area is 263 Å². The van der Waals surface area contributed by atoms with Gasteiger partial charge in [0, 0.05) is 20.0 Å². The second-order valence-corrected chi connectivity index (χ2v) is 11.7. The number of rotatable bonds is 15. The van der Waals surface area contributed by atoms with E-state index in [0.717, 1.165) is 36.1 Å². The summed E-state index contributed by atoms with van der Waals surface area (Å²) in [6.45, 7) is 2.27. The van der Waals surface area contributed by atoms with E-state index in [1.54, 1.807) is 49.6 Å². The minimum atomic E-state index is -1.18. The molecule has 11 nitrogen and oxygen atoms in total. The van der Waals surface area contributed by atoms with Crippen LogP contribution in [0.5, 0.6) is 11.5 Å². The fraction of sp³-hybridized carbons (Fsp3) is 0.500. The van der Waals surface area contributed by atoms with Crippen molar-refractivity contribution in [2.75, 3.05) is 27.3 Å². The Bertz CT molecular complexity index is 1390. The van der Waals surface area contributed by atoms with Crippen molar-refractivity contribution >= 4 is 29.6 Å². The van der Waals surface area contributed by atoms with Crippen molar-refractivity contribution in [3.8, 4) is 11.5 Å². The summed E-state index contributed by atoms with van der Waals surface area (Å²) in [4.78, 5) is 67.1. The van der Waals surface area contributed by atoms with Crippen molar-refractivity contribution in [1.29, 1.82) is 0 Å². The van der Waals surface area contributed by atoms with E-state index in [9.17, 15) is 29.1 Å². The van der Waals surface area contributed by atoms with Gasteiger partial charge in [-0.25, -0.2) is 0 Å². The molecule has 0 radical (unpaired) electrons. The zero-order chi connectivity index (χ0) is 32.5. The van der Waals surface area contributed by atoms with Gasteiger partial charge in [0.05, 0.1) is 36.7 Å². The molecule has 242 valence electrons. The maximum Gasteiger partial charge on any atom is 0.307 e. The zero-order valence-corrected chi connectivity index (χ0v) is 26.2. The fourth-order valence-corrected chi connectivity index (χ4v) is 6.37. The average Bonchev–Trinajstić information content (AvgIpc) is 3.29. The van der Waals surface area contributed by atoms with Crippen LogP contribution in [0.25, 0.3) is 0 Å². The molecular weight excluding hydrogens is 578 g/mol. The van der Waals surface area contributed by atoms with Crippen molar-refractivity contribution in [3.63, 3.8) is 0 Å². The van der Waals surface area contributed by atoms with E-state index in [0.29, 0.717) is 30.9 Å². The average molecular weight is 622 g/mol. The maximum atomic E-state index is 14.0. The Morgan fingerprint density at radius 2 is 1.62 bits per heavy atom. The topological polar surface area (TPSA) is 151 Å². The number of nitrogens with one attached hydrogen (secondary N) is 2. The van der Waals surface area contributed by atoms with E-state index in [2.05, 4.69) is 10.6 Å². The highest BCUT2D eigenvalue weighted by Crippen LogP contribution is 2.37. The van der Waals surface area contributed by atoms with Crippen LogP contribution in [0.2, 0.25) is 0 Å². The molecule has 1 fully saturated rings. The molecule has 0 saturated heterocycles. The molecular formula is C34H43N3O8. The second-order valence-electron chi connectivity index (χ2n) is 11.7. The van der Waals surface area contributed by atoms with Gasteiger partial charge >= 0.3 is 5.97 Å². The molecule has 1 saturated carbocycles. The molecule has 1 aliphatic heterocycles. The first-order valence-electron chi connectivity index (χ1n) is 15.7. The first-order valence-corrected chi connectivity index (χ1v) is 15.7. The molecule has 2 aromatic carbocycles. The number of amides is 4. The molecule has 0 spiro atoms. The molecule has 2 aliphatic rings. The maximum absolute atomic E-state index is 14.0. The molecule has 4 amide bonds. The molecule has 0 bridgehead atoms. The van der Waals surface area contributed by atoms with Gasteiger partial charge in [-0.1, -0.05) is 38.3 Å². The minimum absolute atomic E-state index is 0.0995. The molecule has 0 aromatic heterocycles. The van der Waals surface area contributed by atoms with Gasteiger partial charge in [-0.15, -0.1) is 0 Å². The van der Waals surface area contributed by atoms with Crippen LogP contribution < -0.4 is 20.1 Å². The van der Waals surface area contributed by atoms with Crippen LogP contribution in [-0.4, -0.2) is 73.0 Å². The van der Waals surface area contributed by atoms with Crippen molar-refractivity contribution in [2.24, 2.45) is 17.8 Å². The lowest BCUT2D eigenvalue weighted by Crippen LogP contribution is -2.52. The van der Waals surface area contributed by atoms with Gasteiger partial charge in [0.15, 0.2) is 0 Å². The number of carbonyl (C=O) groups excluding carboxylic acids is 4. The van der Waals surface area contributed by atoms with Crippen LogP contribution in [0.15, 0.2) is 42.5 Å². The Morgan fingerprint density at radius 3 is 2.24 bits per heavy atom. The van der Waals surface area contributed by atoms with E-state index in [1.807, 2.05) is 6.92 Å². The van der Waals surface area contributed by atoms with Crippen molar-refractivity contribution in [2.45, 2.75) is 64.3 Å². The lowest BCUT2D eigenvalue weighted by atomic mass is 9.72. The van der Waals surface area contributed by atoms with Gasteiger partial charge in [0.25, 0.3) is 11.8 Å². The van der Waals surface area contributed by atoms with Gasteiger partial charge in [-0.2, -0.15) is 0 Å². The molecule has 1 aliphatic carbocycles. The summed E-state index contributed by atoms with van der Waals surface area (Å²) in [5, 5.41) is 15.9. The molecule has 11 heteroatoms. The van der Waals surface area contributed by atoms with Crippen LogP contribution in [0, 0.1) is 17.8 Å². The first kappa shape index (κ1) is 33.5. The molecule has 3 N–H and O–H groups in total. The number of aliphatic carboxylic acids is 1. The predicted octanol–water partition coefficient (Wildman–Crippen LogP) is 3.84. The summed E-state index contributed by atoms with van der Waals surface area (Å²) in [5.74, 6) is -4.31. The molecule has 4 rings (SSSR count). The van der Waals surface area contributed by atoms with Crippen molar-refractivity contribution < 1.29 is 38.6 Å². The van der Waals surface area contributed by atoms with E-state index in [4.69, 9.17) is 9.47 Å². The number of hydrogen-bond donors (Lipinski definition) is 3. The molecule has 3 atom stereocenters. The standard InChI is InChI=1S/C34H43N3O8/c1-4-18-45-24-14-15-25-27(20-24)33(41)37(32(25)40)17-16-26(34(42)43)29(22-8-6-5-7-9-22)31(39)36-28(30(38)35-2)19-21-10-12-23(44-3)13-11-21/h10-15,20,22,26,28-29H,4-9,16-19H2,1-3H3,(H,35,38)(H,36,39)(H,42,43). The highest BCUT2D eigenvalue weighted by atomic mass is 16.5. The summed E-state index contributed by atoms with van der Waals surface area (Å²) in [6, 6.07) is 10.9. The van der Waals surface area contributed by atoms with Gasteiger partial charge in [-0.3, -0.25) is 28.9 Å². The first-order chi connectivity index (χ1) is 21.7. The largest absolute Gasteiger partial charge is 0.497 e. The summed E-state index contributed by atoms with van der Waals surface area (Å²) >= 11 is 0. The number of imide groups is 1. The van der Waals surface area contributed by atoms with Crippen molar-refractivity contribution in [1.82, 2.24) is 15.5 Å². The van der Waals surface area contributed by atoms with Crippen molar-refractivity contribution in [3.05, 3.63) is 59.2 Å². The number of fused-ring (bicyclic) bond motifs is 1. The van der Waals surface area contributed by atoms with Gasteiger partial charge in [-0.05, 0) is 67.5 Å². The molecule has 3 unspecified atom stereocenters. The number of nitrogens with zero attached hydrogens (tertiary/aromatic N) is 1. The highest BCUT2D eigenvalue weighted by molar-refractivity contribution is 6.21. The molecule has 45 heavy (non-hydrogen) atoms. The number of likely N-dealkylation sites (N-methyl/N-ethyl adjacent to an activating group) is 1. The van der Waals surface area contributed by atoms with E-state index >= 15 is 0 Å². The van der Waals surface area contributed by atoms with E-state index in [-0.39, 0.29) is 36.4 Å². The lowest BCUT2D eigenvalue weighted by Gasteiger charge is -2.34. The number of carboxylic acid groups (broad SMARTS) is 1. The van der Waals surface area contributed by atoms with Crippen LogP contribution in [0.1, 0.15) is 78.1 Å². The summed E-state index contributed by atoms with van der Waals surface area (Å²) < 4.78 is 10.8. The number of carboxylic acids is 1. The SMILES string of the molecule is CCCOc1ccc2c(c1)C(=O)N(CCC(C(=O)O)C(C(=O)NC(Cc1ccc(OC)cc1)C(=O)NC)C1CCCCC1)C2=O. The monoisotopic (exact) mass is 621 g/mol. The molecule has 2 aromatic rings. The number of benzene rings is 2. The Morgan fingerprint density at radius 1 is 0.956 bits per heavy atom. The minimum Gasteiger partial charge on any atom is -0.497 e. The van der Waals surface area contributed by atoms with Gasteiger partial charge in [0.1, 0.15) is 17.5 Å². The van der Waals surface area contributed by atoms with E-state index in [1.165, 1.54) is 7.05 Å². The van der Waals surface area contributed by atoms with E-state index < -0.39 is 47.5 Å². The number of hydrogen-bond acceptors (Lipinski definition) is 7. The lowest BCUT2D eigenvalue weighted by molar-refractivity contribution is -0.150. The van der Waals surface area contributed by atoms with Gasteiger partial charge in [0.2, 0.25) is 11.8 Å². The van der Waals surface area contributed by atoms with Gasteiger partial charge < -0.3 is 25.2 Å².